The molecule has 1 fully saturated rings. The normalized spacial score (nSPS) is 16.6. The standard InChI is InChI=1S/C24H30ClFN2O/c1-4-23(19-9-8-16(2)14-17(19)3)27-24(29)18-10-12-28(13-11-18)15-20-21(25)6-5-7-22(20)26/h5-9,14,18,23H,4,10-13,15H2,1-3H3,(H,27,29)/t23-/m1/s1. The maximum atomic E-state index is 14.0. The lowest BCUT2D eigenvalue weighted by molar-refractivity contribution is -0.127. The van der Waals surface area contributed by atoms with Crippen molar-refractivity contribution >= 4 is 17.5 Å². The molecule has 1 saturated heterocycles. The van der Waals surface area contributed by atoms with Crippen LogP contribution < -0.4 is 5.32 Å². The van der Waals surface area contributed by atoms with Gasteiger partial charge in [0.05, 0.1) is 6.04 Å². The molecule has 0 radical (unpaired) electrons. The van der Waals surface area contributed by atoms with Crippen LogP contribution in [0, 0.1) is 25.6 Å². The van der Waals surface area contributed by atoms with E-state index in [1.165, 1.54) is 22.8 Å². The Morgan fingerprint density at radius 1 is 1.24 bits per heavy atom. The van der Waals surface area contributed by atoms with Crippen LogP contribution in [0.5, 0.6) is 0 Å². The molecule has 0 aromatic heterocycles. The summed E-state index contributed by atoms with van der Waals surface area (Å²) in [6.45, 7) is 8.30. The molecule has 156 valence electrons. The van der Waals surface area contributed by atoms with E-state index in [2.05, 4.69) is 49.2 Å². The van der Waals surface area contributed by atoms with Crippen molar-refractivity contribution in [2.75, 3.05) is 13.1 Å². The van der Waals surface area contributed by atoms with E-state index in [0.717, 1.165) is 32.4 Å². The van der Waals surface area contributed by atoms with E-state index in [-0.39, 0.29) is 23.7 Å². The van der Waals surface area contributed by atoms with E-state index >= 15 is 0 Å². The number of carbonyl (C=O) groups is 1. The summed E-state index contributed by atoms with van der Waals surface area (Å²) in [5, 5.41) is 3.72. The lowest BCUT2D eigenvalue weighted by Gasteiger charge is -2.32. The van der Waals surface area contributed by atoms with Gasteiger partial charge in [-0.2, -0.15) is 0 Å². The van der Waals surface area contributed by atoms with Crippen LogP contribution in [0.4, 0.5) is 4.39 Å². The van der Waals surface area contributed by atoms with Crippen LogP contribution in [0.15, 0.2) is 36.4 Å². The molecular formula is C24H30ClFN2O. The molecule has 0 spiro atoms. The van der Waals surface area contributed by atoms with Crippen LogP contribution in [0.2, 0.25) is 5.02 Å². The van der Waals surface area contributed by atoms with Crippen LogP contribution in [-0.4, -0.2) is 23.9 Å². The van der Waals surface area contributed by atoms with Crippen molar-refractivity contribution < 1.29 is 9.18 Å². The first kappa shape index (κ1) is 21.8. The second-order valence-corrected chi connectivity index (χ2v) is 8.49. The van der Waals surface area contributed by atoms with Gasteiger partial charge in [0.25, 0.3) is 0 Å². The number of likely N-dealkylation sites (tertiary alicyclic amines) is 1. The molecule has 1 heterocycles. The van der Waals surface area contributed by atoms with E-state index in [1.807, 2.05) is 0 Å². The molecule has 0 aliphatic carbocycles. The molecule has 1 N–H and O–H groups in total. The maximum Gasteiger partial charge on any atom is 0.223 e. The molecule has 29 heavy (non-hydrogen) atoms. The van der Waals surface area contributed by atoms with E-state index in [1.54, 1.807) is 12.1 Å². The van der Waals surface area contributed by atoms with Crippen molar-refractivity contribution in [2.45, 2.75) is 52.6 Å². The minimum atomic E-state index is -0.267. The SMILES string of the molecule is CC[C@@H](NC(=O)C1CCN(Cc2c(F)cccc2Cl)CC1)c1ccc(C)cc1C. The summed E-state index contributed by atoms with van der Waals surface area (Å²) >= 11 is 6.15. The Morgan fingerprint density at radius 3 is 2.59 bits per heavy atom. The Morgan fingerprint density at radius 2 is 1.97 bits per heavy atom. The Bertz CT molecular complexity index is 842. The van der Waals surface area contributed by atoms with Crippen LogP contribution in [0.25, 0.3) is 0 Å². The number of nitrogens with one attached hydrogen (secondary N) is 1. The fraction of sp³-hybridized carbons (Fsp3) is 0.458. The third-order valence-electron chi connectivity index (χ3n) is 5.93. The maximum absolute atomic E-state index is 14.0. The Hall–Kier alpha value is -1.91. The predicted molar refractivity (Wildman–Crippen MR) is 117 cm³/mol. The number of hydrogen-bond donors (Lipinski definition) is 1. The predicted octanol–water partition coefficient (Wildman–Crippen LogP) is 5.58. The first-order chi connectivity index (χ1) is 13.9. The number of carbonyl (C=O) groups excluding carboxylic acids is 1. The zero-order valence-electron chi connectivity index (χ0n) is 17.5. The number of benzene rings is 2. The summed E-state index contributed by atoms with van der Waals surface area (Å²) in [6.07, 6.45) is 2.42. The first-order valence-corrected chi connectivity index (χ1v) is 10.8. The monoisotopic (exact) mass is 416 g/mol. The van der Waals surface area contributed by atoms with Crippen molar-refractivity contribution in [1.29, 1.82) is 0 Å². The van der Waals surface area contributed by atoms with Crippen molar-refractivity contribution in [1.82, 2.24) is 10.2 Å². The molecule has 0 saturated carbocycles. The Kier molecular flexibility index (Phi) is 7.31. The minimum Gasteiger partial charge on any atom is -0.349 e. The van der Waals surface area contributed by atoms with Gasteiger partial charge in [-0.05, 0) is 69.5 Å². The molecule has 1 aliphatic rings. The zero-order valence-corrected chi connectivity index (χ0v) is 18.2. The van der Waals surface area contributed by atoms with Crippen LogP contribution in [0.3, 0.4) is 0 Å². The van der Waals surface area contributed by atoms with Gasteiger partial charge in [-0.25, -0.2) is 4.39 Å². The van der Waals surface area contributed by atoms with Crippen molar-refractivity contribution in [2.24, 2.45) is 5.92 Å². The second-order valence-electron chi connectivity index (χ2n) is 8.08. The lowest BCUT2D eigenvalue weighted by Crippen LogP contribution is -2.41. The van der Waals surface area contributed by atoms with Crippen molar-refractivity contribution in [3.63, 3.8) is 0 Å². The van der Waals surface area contributed by atoms with Gasteiger partial charge in [-0.3, -0.25) is 9.69 Å². The van der Waals surface area contributed by atoms with Gasteiger partial charge in [0.2, 0.25) is 5.91 Å². The molecule has 1 atom stereocenters. The van der Waals surface area contributed by atoms with Crippen molar-refractivity contribution in [3.05, 3.63) is 69.5 Å². The highest BCUT2D eigenvalue weighted by Gasteiger charge is 2.27. The number of nitrogens with zero attached hydrogens (tertiary/aromatic N) is 1. The average Bonchev–Trinajstić information content (AvgIpc) is 2.70. The molecule has 0 unspecified atom stereocenters. The van der Waals surface area contributed by atoms with Crippen molar-refractivity contribution in [3.8, 4) is 0 Å². The van der Waals surface area contributed by atoms with Gasteiger partial charge in [-0.1, -0.05) is 48.4 Å². The second kappa shape index (κ2) is 9.73. The number of halogens is 2. The summed E-state index contributed by atoms with van der Waals surface area (Å²) in [7, 11) is 0. The number of aryl methyl sites for hydroxylation is 2. The van der Waals surface area contributed by atoms with E-state index in [9.17, 15) is 9.18 Å². The molecular weight excluding hydrogens is 387 g/mol. The lowest BCUT2D eigenvalue weighted by atomic mass is 9.93. The first-order valence-electron chi connectivity index (χ1n) is 10.4. The van der Waals surface area contributed by atoms with Gasteiger partial charge in [0, 0.05) is 23.0 Å². The van der Waals surface area contributed by atoms with Gasteiger partial charge in [-0.15, -0.1) is 0 Å². The number of hydrogen-bond acceptors (Lipinski definition) is 2. The van der Waals surface area contributed by atoms with E-state index < -0.39 is 0 Å². The number of amides is 1. The minimum absolute atomic E-state index is 0.00199. The number of rotatable bonds is 6. The summed E-state index contributed by atoms with van der Waals surface area (Å²) in [5.41, 5.74) is 4.18. The third kappa shape index (κ3) is 5.37. The molecule has 1 aliphatic heterocycles. The van der Waals surface area contributed by atoms with Gasteiger partial charge in [0.1, 0.15) is 5.82 Å². The van der Waals surface area contributed by atoms with Crippen LogP contribution in [0.1, 0.15) is 54.5 Å². The molecule has 3 nitrogen and oxygen atoms in total. The van der Waals surface area contributed by atoms with Gasteiger partial charge >= 0.3 is 0 Å². The van der Waals surface area contributed by atoms with E-state index in [4.69, 9.17) is 11.6 Å². The van der Waals surface area contributed by atoms with Gasteiger partial charge in [0.15, 0.2) is 0 Å². The highest BCUT2D eigenvalue weighted by Crippen LogP contribution is 2.26. The van der Waals surface area contributed by atoms with Gasteiger partial charge < -0.3 is 5.32 Å². The molecule has 2 aromatic rings. The average molecular weight is 417 g/mol. The van der Waals surface area contributed by atoms with Crippen LogP contribution in [-0.2, 0) is 11.3 Å². The third-order valence-corrected chi connectivity index (χ3v) is 6.28. The molecule has 2 aromatic carbocycles. The summed E-state index contributed by atoms with van der Waals surface area (Å²) in [6, 6.07) is 11.2. The Labute approximate surface area is 178 Å². The Balaban J connectivity index is 1.56. The molecule has 0 bridgehead atoms. The fourth-order valence-corrected chi connectivity index (χ4v) is 4.39. The quantitative estimate of drug-likeness (QED) is 0.667. The van der Waals surface area contributed by atoms with E-state index in [0.29, 0.717) is 17.1 Å². The summed E-state index contributed by atoms with van der Waals surface area (Å²) in [5.74, 6) is -0.140. The highest BCUT2D eigenvalue weighted by atomic mass is 35.5. The zero-order chi connectivity index (χ0) is 21.0. The smallest absolute Gasteiger partial charge is 0.223 e. The molecule has 5 heteroatoms. The topological polar surface area (TPSA) is 32.3 Å². The number of piperidine rings is 1. The largest absolute Gasteiger partial charge is 0.349 e. The fourth-order valence-electron chi connectivity index (χ4n) is 4.17. The molecule has 3 rings (SSSR count). The summed E-state index contributed by atoms with van der Waals surface area (Å²) < 4.78 is 14.0. The molecule has 1 amide bonds. The highest BCUT2D eigenvalue weighted by molar-refractivity contribution is 6.31. The van der Waals surface area contributed by atoms with Crippen LogP contribution >= 0.6 is 11.6 Å². The summed E-state index contributed by atoms with van der Waals surface area (Å²) in [4.78, 5) is 15.1.